The van der Waals surface area contributed by atoms with Crippen LogP contribution in [0.2, 0.25) is 15.1 Å². The van der Waals surface area contributed by atoms with Crippen molar-refractivity contribution in [3.8, 4) is 28.7 Å². The minimum atomic E-state index is -4.56. The highest BCUT2D eigenvalue weighted by Gasteiger charge is 2.32. The van der Waals surface area contributed by atoms with Crippen LogP contribution in [0.1, 0.15) is 24.8 Å². The first-order chi connectivity index (χ1) is 16.6. The predicted octanol–water partition coefficient (Wildman–Crippen LogP) is 7.77. The van der Waals surface area contributed by atoms with E-state index in [1.807, 2.05) is 0 Å². The third-order valence-corrected chi connectivity index (χ3v) is 6.59. The summed E-state index contributed by atoms with van der Waals surface area (Å²) in [5.74, 6) is 0.937. The number of rotatable bonds is 5. The number of alkyl halides is 3. The van der Waals surface area contributed by atoms with E-state index in [9.17, 15) is 13.2 Å². The summed E-state index contributed by atoms with van der Waals surface area (Å²) >= 11 is 18.8. The molecule has 0 radical (unpaired) electrons. The lowest BCUT2D eigenvalue weighted by atomic mass is 10.1. The normalized spacial score (nSPS) is 16.4. The summed E-state index contributed by atoms with van der Waals surface area (Å²) in [6, 6.07) is 3.96. The molecule has 1 fully saturated rings. The Morgan fingerprint density at radius 3 is 2.60 bits per heavy atom. The Morgan fingerprint density at radius 2 is 1.89 bits per heavy atom. The molecular weight excluding hydrogens is 528 g/mol. The zero-order chi connectivity index (χ0) is 24.9. The van der Waals surface area contributed by atoms with Gasteiger partial charge in [0.15, 0.2) is 5.65 Å². The van der Waals surface area contributed by atoms with Gasteiger partial charge in [0.2, 0.25) is 5.82 Å². The van der Waals surface area contributed by atoms with Crippen LogP contribution >= 0.6 is 34.8 Å². The molecule has 1 aromatic carbocycles. The number of aromatic nitrogens is 4. The molecule has 0 saturated heterocycles. The van der Waals surface area contributed by atoms with Gasteiger partial charge in [-0.1, -0.05) is 52.1 Å². The average Bonchev–Trinajstić information content (AvgIpc) is 3.52. The first-order valence-electron chi connectivity index (χ1n) is 10.5. The van der Waals surface area contributed by atoms with E-state index < -0.39 is 11.7 Å². The number of fused-ring (bicyclic) bond motifs is 1. The molecule has 0 spiro atoms. The molecule has 0 amide bonds. The second kappa shape index (κ2) is 9.04. The van der Waals surface area contributed by atoms with E-state index in [0.717, 1.165) is 35.9 Å². The van der Waals surface area contributed by atoms with Gasteiger partial charge in [-0.05, 0) is 37.3 Å². The molecule has 1 aliphatic carbocycles. The van der Waals surface area contributed by atoms with E-state index in [1.165, 1.54) is 11.8 Å². The lowest BCUT2D eigenvalue weighted by molar-refractivity contribution is -0.137. The minimum Gasteiger partial charge on any atom is -0.492 e. The van der Waals surface area contributed by atoms with Gasteiger partial charge in [0.05, 0.1) is 27.2 Å². The molecule has 4 aromatic rings. The van der Waals surface area contributed by atoms with E-state index in [-0.39, 0.29) is 28.1 Å². The van der Waals surface area contributed by atoms with Crippen LogP contribution in [-0.2, 0) is 6.18 Å². The number of nitrogens with zero attached hydrogens (tertiary/aromatic N) is 4. The number of benzene rings is 1. The van der Waals surface area contributed by atoms with Crippen LogP contribution in [0.15, 0.2) is 47.3 Å². The molecule has 0 bridgehead atoms. The van der Waals surface area contributed by atoms with E-state index in [0.29, 0.717) is 33.9 Å². The van der Waals surface area contributed by atoms with Crippen LogP contribution in [0.5, 0.6) is 5.75 Å². The maximum absolute atomic E-state index is 13.1. The second-order valence-corrected chi connectivity index (χ2v) is 9.51. The molecule has 3 aromatic heterocycles. The Kier molecular flexibility index (Phi) is 6.19. The maximum atomic E-state index is 13.1. The SMILES string of the molecule is C=C1CCC(COc2cc(Cl)c(-c3noc(-c4cn5cc(C(F)(F)F)cc(Cl)c5n4)n3)cc2Cl)C1. The standard InChI is InChI=1S/C23H16Cl3F3N4O2/c1-11-2-3-12(4-11)10-34-19-7-15(24)14(6-16(19)25)20-31-22(35-32-20)18-9-33-8-13(23(27,28)29)5-17(26)21(33)30-18/h5-9,12H,1-4,10H2. The van der Waals surface area contributed by atoms with E-state index in [2.05, 4.69) is 21.7 Å². The van der Waals surface area contributed by atoms with Crippen molar-refractivity contribution in [1.29, 1.82) is 0 Å². The van der Waals surface area contributed by atoms with Crippen LogP contribution in [0.25, 0.3) is 28.6 Å². The van der Waals surface area contributed by atoms with Gasteiger partial charge in [0.1, 0.15) is 11.4 Å². The fourth-order valence-electron chi connectivity index (χ4n) is 3.93. The summed E-state index contributed by atoms with van der Waals surface area (Å²) in [5, 5.41) is 4.37. The molecule has 182 valence electrons. The molecule has 1 aliphatic rings. The van der Waals surface area contributed by atoms with Crippen molar-refractivity contribution in [1.82, 2.24) is 19.5 Å². The first kappa shape index (κ1) is 24.0. The van der Waals surface area contributed by atoms with Crippen LogP contribution in [0, 0.1) is 5.92 Å². The predicted molar refractivity (Wildman–Crippen MR) is 126 cm³/mol. The number of pyridine rings is 1. The molecule has 3 heterocycles. The van der Waals surface area contributed by atoms with E-state index in [4.69, 9.17) is 44.1 Å². The zero-order valence-electron chi connectivity index (χ0n) is 17.9. The fraction of sp³-hybridized carbons (Fsp3) is 0.261. The molecule has 35 heavy (non-hydrogen) atoms. The Morgan fingerprint density at radius 1 is 1.09 bits per heavy atom. The van der Waals surface area contributed by atoms with Crippen LogP contribution in [-0.4, -0.2) is 26.1 Å². The number of hydrogen-bond acceptors (Lipinski definition) is 5. The molecular formula is C23H16Cl3F3N4O2. The summed E-state index contributed by atoms with van der Waals surface area (Å²) in [5.41, 5.74) is 0.967. The minimum absolute atomic E-state index is 0.0256. The van der Waals surface area contributed by atoms with Gasteiger partial charge in [0.25, 0.3) is 5.89 Å². The average molecular weight is 544 g/mol. The van der Waals surface area contributed by atoms with Crippen molar-refractivity contribution in [3.63, 3.8) is 0 Å². The molecule has 1 unspecified atom stereocenters. The summed E-state index contributed by atoms with van der Waals surface area (Å²) < 4.78 is 51.6. The van der Waals surface area contributed by atoms with Crippen LogP contribution in [0.3, 0.4) is 0 Å². The third-order valence-electron chi connectivity index (χ3n) is 5.70. The van der Waals surface area contributed by atoms with Crippen molar-refractivity contribution in [2.45, 2.75) is 25.4 Å². The number of imidazole rings is 1. The highest BCUT2D eigenvalue weighted by molar-refractivity contribution is 6.36. The van der Waals surface area contributed by atoms with Gasteiger partial charge in [-0.3, -0.25) is 0 Å². The molecule has 0 N–H and O–H groups in total. The topological polar surface area (TPSA) is 65.5 Å². The van der Waals surface area contributed by atoms with Crippen molar-refractivity contribution in [3.05, 3.63) is 63.4 Å². The molecule has 6 nitrogen and oxygen atoms in total. The summed E-state index contributed by atoms with van der Waals surface area (Å²) in [7, 11) is 0. The molecule has 12 heteroatoms. The van der Waals surface area contributed by atoms with Crippen LogP contribution < -0.4 is 4.74 Å². The largest absolute Gasteiger partial charge is 0.492 e. The summed E-state index contributed by atoms with van der Waals surface area (Å²) in [6.45, 7) is 4.51. The lowest BCUT2D eigenvalue weighted by Gasteiger charge is -2.13. The Hall–Kier alpha value is -2.75. The first-order valence-corrected chi connectivity index (χ1v) is 11.6. The number of halogens is 6. The second-order valence-electron chi connectivity index (χ2n) is 8.29. The Labute approximate surface area is 212 Å². The molecule has 1 saturated carbocycles. The highest BCUT2D eigenvalue weighted by Crippen LogP contribution is 2.38. The number of allylic oxidation sites excluding steroid dienone is 1. The lowest BCUT2D eigenvalue weighted by Crippen LogP contribution is -2.08. The fourth-order valence-corrected chi connectivity index (χ4v) is 4.65. The van der Waals surface area contributed by atoms with Crippen molar-refractivity contribution < 1.29 is 22.4 Å². The van der Waals surface area contributed by atoms with Crippen molar-refractivity contribution in [2.75, 3.05) is 6.61 Å². The zero-order valence-corrected chi connectivity index (χ0v) is 20.1. The van der Waals surface area contributed by atoms with Crippen molar-refractivity contribution in [2.24, 2.45) is 5.92 Å². The maximum Gasteiger partial charge on any atom is 0.417 e. The molecule has 1 atom stereocenters. The molecule has 0 aliphatic heterocycles. The Balaban J connectivity index is 1.40. The highest BCUT2D eigenvalue weighted by atomic mass is 35.5. The summed E-state index contributed by atoms with van der Waals surface area (Å²) in [4.78, 5) is 8.50. The molecule has 5 rings (SSSR count). The van der Waals surface area contributed by atoms with Gasteiger partial charge in [-0.2, -0.15) is 18.2 Å². The van der Waals surface area contributed by atoms with Crippen LogP contribution in [0.4, 0.5) is 13.2 Å². The summed E-state index contributed by atoms with van der Waals surface area (Å²) in [6.07, 6.45) is 0.602. The number of hydrogen-bond donors (Lipinski definition) is 0. The van der Waals surface area contributed by atoms with E-state index in [1.54, 1.807) is 12.1 Å². The van der Waals surface area contributed by atoms with Crippen molar-refractivity contribution >= 4 is 40.4 Å². The van der Waals surface area contributed by atoms with Gasteiger partial charge in [-0.15, -0.1) is 0 Å². The third kappa shape index (κ3) is 4.85. The van der Waals surface area contributed by atoms with Gasteiger partial charge in [-0.25, -0.2) is 4.98 Å². The van der Waals surface area contributed by atoms with Gasteiger partial charge in [0, 0.05) is 24.0 Å². The van der Waals surface area contributed by atoms with Gasteiger partial charge < -0.3 is 13.7 Å². The van der Waals surface area contributed by atoms with Gasteiger partial charge >= 0.3 is 6.18 Å². The van der Waals surface area contributed by atoms with E-state index >= 15 is 0 Å². The quantitative estimate of drug-likeness (QED) is 0.241. The smallest absolute Gasteiger partial charge is 0.417 e. The monoisotopic (exact) mass is 542 g/mol. The Bertz CT molecular complexity index is 1450. The number of ether oxygens (including phenoxy) is 1.